The van der Waals surface area contributed by atoms with Crippen LogP contribution in [0, 0.1) is 5.92 Å². The van der Waals surface area contributed by atoms with Crippen LogP contribution in [0.2, 0.25) is 0 Å². The lowest BCUT2D eigenvalue weighted by atomic mass is 9.84. The maximum atomic E-state index is 6.22. The van der Waals surface area contributed by atoms with Gasteiger partial charge < -0.3 is 10.3 Å². The van der Waals surface area contributed by atoms with E-state index < -0.39 is 0 Å². The van der Waals surface area contributed by atoms with Crippen LogP contribution >= 0.6 is 0 Å². The van der Waals surface area contributed by atoms with Gasteiger partial charge in [0.2, 0.25) is 17.5 Å². The second-order valence-corrected chi connectivity index (χ2v) is 4.95. The molecule has 6 nitrogen and oxygen atoms in total. The molecule has 1 saturated carbocycles. The van der Waals surface area contributed by atoms with Gasteiger partial charge in [-0.2, -0.15) is 4.98 Å². The topological polar surface area (TPSA) is 90.7 Å². The molecule has 2 aromatic heterocycles. The standard InChI is InChI=1S/C13H17N5O/c14-10(9-5-2-1-3-6-9)13-17-12(18-19-13)11-15-7-4-8-16-11/h4,7-10H,1-3,5-6,14H2. The lowest BCUT2D eigenvalue weighted by Gasteiger charge is -2.24. The van der Waals surface area contributed by atoms with Crippen molar-refractivity contribution in [2.75, 3.05) is 0 Å². The van der Waals surface area contributed by atoms with E-state index in [2.05, 4.69) is 20.1 Å². The minimum Gasteiger partial charge on any atom is -0.337 e. The Kier molecular flexibility index (Phi) is 3.50. The third-order valence-electron chi connectivity index (χ3n) is 3.65. The molecule has 1 aliphatic carbocycles. The molecule has 0 radical (unpaired) electrons. The Morgan fingerprint density at radius 3 is 2.58 bits per heavy atom. The van der Waals surface area contributed by atoms with Gasteiger partial charge >= 0.3 is 0 Å². The maximum Gasteiger partial charge on any atom is 0.244 e. The van der Waals surface area contributed by atoms with Gasteiger partial charge in [0.05, 0.1) is 6.04 Å². The second kappa shape index (κ2) is 5.44. The predicted molar refractivity (Wildman–Crippen MR) is 68.8 cm³/mol. The van der Waals surface area contributed by atoms with Crippen molar-refractivity contribution in [2.24, 2.45) is 11.7 Å². The Morgan fingerprint density at radius 1 is 1.11 bits per heavy atom. The van der Waals surface area contributed by atoms with Gasteiger partial charge in [-0.1, -0.05) is 24.4 Å². The number of nitrogens with zero attached hydrogens (tertiary/aromatic N) is 4. The van der Waals surface area contributed by atoms with Crippen molar-refractivity contribution in [3.05, 3.63) is 24.4 Å². The van der Waals surface area contributed by atoms with Gasteiger partial charge in [-0.25, -0.2) is 9.97 Å². The molecular formula is C13H17N5O. The van der Waals surface area contributed by atoms with Crippen molar-refractivity contribution < 1.29 is 4.52 Å². The van der Waals surface area contributed by atoms with Crippen LogP contribution in [0.25, 0.3) is 11.6 Å². The molecule has 1 aliphatic rings. The highest BCUT2D eigenvalue weighted by Gasteiger charge is 2.26. The number of hydrogen-bond acceptors (Lipinski definition) is 6. The number of rotatable bonds is 3. The van der Waals surface area contributed by atoms with Crippen LogP contribution in [0.5, 0.6) is 0 Å². The first-order chi connectivity index (χ1) is 9.34. The molecule has 100 valence electrons. The highest BCUT2D eigenvalue weighted by Crippen LogP contribution is 2.32. The molecule has 0 saturated heterocycles. The third-order valence-corrected chi connectivity index (χ3v) is 3.65. The van der Waals surface area contributed by atoms with Crippen molar-refractivity contribution in [1.29, 1.82) is 0 Å². The molecule has 0 amide bonds. The fourth-order valence-corrected chi connectivity index (χ4v) is 2.57. The van der Waals surface area contributed by atoms with Crippen molar-refractivity contribution in [1.82, 2.24) is 20.1 Å². The predicted octanol–water partition coefficient (Wildman–Crippen LogP) is 2.11. The molecule has 1 unspecified atom stereocenters. The zero-order chi connectivity index (χ0) is 13.1. The molecule has 2 N–H and O–H groups in total. The molecule has 0 aliphatic heterocycles. The van der Waals surface area contributed by atoms with E-state index in [-0.39, 0.29) is 6.04 Å². The summed E-state index contributed by atoms with van der Waals surface area (Å²) in [6.45, 7) is 0. The summed E-state index contributed by atoms with van der Waals surface area (Å²) in [5.74, 6) is 1.81. The monoisotopic (exact) mass is 259 g/mol. The second-order valence-electron chi connectivity index (χ2n) is 4.95. The molecule has 19 heavy (non-hydrogen) atoms. The van der Waals surface area contributed by atoms with Gasteiger partial charge in [-0.15, -0.1) is 0 Å². The first kappa shape index (κ1) is 12.2. The van der Waals surface area contributed by atoms with E-state index in [0.29, 0.717) is 23.5 Å². The molecule has 3 rings (SSSR count). The molecule has 2 heterocycles. The van der Waals surface area contributed by atoms with Gasteiger partial charge in [0.1, 0.15) is 0 Å². The molecule has 2 aromatic rings. The van der Waals surface area contributed by atoms with Crippen LogP contribution in [0.3, 0.4) is 0 Å². The van der Waals surface area contributed by atoms with Gasteiger partial charge in [-0.3, -0.25) is 0 Å². The van der Waals surface area contributed by atoms with E-state index in [1.807, 2.05) is 0 Å². The lowest BCUT2D eigenvalue weighted by molar-refractivity contribution is 0.255. The van der Waals surface area contributed by atoms with Crippen molar-refractivity contribution in [3.63, 3.8) is 0 Å². The largest absolute Gasteiger partial charge is 0.337 e. The van der Waals surface area contributed by atoms with E-state index in [4.69, 9.17) is 10.3 Å². The summed E-state index contributed by atoms with van der Waals surface area (Å²) < 4.78 is 5.27. The van der Waals surface area contributed by atoms with Crippen LogP contribution in [0.1, 0.15) is 44.0 Å². The van der Waals surface area contributed by atoms with E-state index >= 15 is 0 Å². The van der Waals surface area contributed by atoms with Crippen molar-refractivity contribution >= 4 is 0 Å². The summed E-state index contributed by atoms with van der Waals surface area (Å²) in [4.78, 5) is 12.5. The fourth-order valence-electron chi connectivity index (χ4n) is 2.57. The maximum absolute atomic E-state index is 6.22. The Hall–Kier alpha value is -1.82. The highest BCUT2D eigenvalue weighted by atomic mass is 16.5. The van der Waals surface area contributed by atoms with Crippen molar-refractivity contribution in [3.8, 4) is 11.6 Å². The average Bonchev–Trinajstić information content (AvgIpc) is 2.98. The molecule has 0 bridgehead atoms. The Morgan fingerprint density at radius 2 is 1.84 bits per heavy atom. The zero-order valence-corrected chi connectivity index (χ0v) is 10.7. The zero-order valence-electron chi connectivity index (χ0n) is 10.7. The van der Waals surface area contributed by atoms with Gasteiger partial charge in [0.15, 0.2) is 0 Å². The Balaban J connectivity index is 1.77. The van der Waals surface area contributed by atoms with Crippen molar-refractivity contribution in [2.45, 2.75) is 38.1 Å². The SMILES string of the molecule is NC(c1nc(-c2ncccn2)no1)C1CCCCC1. The van der Waals surface area contributed by atoms with E-state index in [1.165, 1.54) is 19.3 Å². The summed E-state index contributed by atoms with van der Waals surface area (Å²) in [7, 11) is 0. The molecule has 6 heteroatoms. The van der Waals surface area contributed by atoms with Gasteiger partial charge in [0, 0.05) is 12.4 Å². The highest BCUT2D eigenvalue weighted by molar-refractivity contribution is 5.40. The van der Waals surface area contributed by atoms with Gasteiger partial charge in [0.25, 0.3) is 0 Å². The summed E-state index contributed by atoms with van der Waals surface area (Å²) in [6, 6.07) is 1.57. The van der Waals surface area contributed by atoms with Crippen LogP contribution in [-0.2, 0) is 0 Å². The molecule has 0 spiro atoms. The Labute approximate surface area is 111 Å². The fraction of sp³-hybridized carbons (Fsp3) is 0.538. The molecular weight excluding hydrogens is 242 g/mol. The Bertz CT molecular complexity index is 521. The van der Waals surface area contributed by atoms with Crippen LogP contribution < -0.4 is 5.73 Å². The average molecular weight is 259 g/mol. The lowest BCUT2D eigenvalue weighted by Crippen LogP contribution is -2.23. The normalized spacial score (nSPS) is 18.4. The van der Waals surface area contributed by atoms with E-state index in [1.54, 1.807) is 18.5 Å². The number of nitrogens with two attached hydrogens (primary N) is 1. The van der Waals surface area contributed by atoms with Crippen LogP contribution in [0.15, 0.2) is 23.0 Å². The first-order valence-electron chi connectivity index (χ1n) is 6.71. The quantitative estimate of drug-likeness (QED) is 0.907. The molecule has 1 atom stereocenters. The third kappa shape index (κ3) is 2.63. The summed E-state index contributed by atoms with van der Waals surface area (Å²) in [6.07, 6.45) is 9.36. The molecule has 1 fully saturated rings. The van der Waals surface area contributed by atoms with Gasteiger partial charge in [-0.05, 0) is 24.8 Å². The smallest absolute Gasteiger partial charge is 0.244 e. The van der Waals surface area contributed by atoms with Crippen LogP contribution in [-0.4, -0.2) is 20.1 Å². The number of hydrogen-bond donors (Lipinski definition) is 1. The first-order valence-corrected chi connectivity index (χ1v) is 6.71. The minimum atomic E-state index is -0.176. The summed E-state index contributed by atoms with van der Waals surface area (Å²) in [5, 5.41) is 3.91. The molecule has 0 aromatic carbocycles. The number of aromatic nitrogens is 4. The minimum absolute atomic E-state index is 0.176. The summed E-state index contributed by atoms with van der Waals surface area (Å²) in [5.41, 5.74) is 6.22. The summed E-state index contributed by atoms with van der Waals surface area (Å²) >= 11 is 0. The van der Waals surface area contributed by atoms with E-state index in [0.717, 1.165) is 12.8 Å². The van der Waals surface area contributed by atoms with Crippen LogP contribution in [0.4, 0.5) is 0 Å². The van der Waals surface area contributed by atoms with E-state index in [9.17, 15) is 0 Å².